The van der Waals surface area contributed by atoms with E-state index in [1.54, 1.807) is 0 Å². The molecule has 1 atom stereocenters. The summed E-state index contributed by atoms with van der Waals surface area (Å²) in [5.41, 5.74) is 1.42. The Kier molecular flexibility index (Phi) is 5.24. The molecule has 110 valence electrons. The Bertz CT molecular complexity index is 458. The van der Waals surface area contributed by atoms with Gasteiger partial charge in [-0.25, -0.2) is 0 Å². The number of rotatable bonds is 3. The van der Waals surface area contributed by atoms with E-state index in [0.29, 0.717) is 12.1 Å². The summed E-state index contributed by atoms with van der Waals surface area (Å²) in [5.74, 6) is 1.21. The van der Waals surface area contributed by atoms with Crippen molar-refractivity contribution in [2.45, 2.75) is 54.3 Å². The number of nitrogens with one attached hydrogen (secondary N) is 1. The first-order chi connectivity index (χ1) is 9.76. The van der Waals surface area contributed by atoms with Crippen LogP contribution in [-0.2, 0) is 0 Å². The van der Waals surface area contributed by atoms with Gasteiger partial charge < -0.3 is 5.32 Å². The highest BCUT2D eigenvalue weighted by molar-refractivity contribution is 7.99. The molecular formula is C16H22ClNS2. The predicted molar refractivity (Wildman–Crippen MR) is 92.2 cm³/mol. The molecule has 0 radical (unpaired) electrons. The van der Waals surface area contributed by atoms with E-state index in [1.165, 1.54) is 48.3 Å². The van der Waals surface area contributed by atoms with E-state index in [2.05, 4.69) is 23.7 Å². The van der Waals surface area contributed by atoms with Gasteiger partial charge in [0, 0.05) is 27.3 Å². The van der Waals surface area contributed by atoms with Crippen molar-refractivity contribution in [3.05, 3.63) is 28.8 Å². The van der Waals surface area contributed by atoms with Gasteiger partial charge in [-0.1, -0.05) is 11.6 Å². The highest BCUT2D eigenvalue weighted by Crippen LogP contribution is 2.38. The van der Waals surface area contributed by atoms with Gasteiger partial charge in [0.15, 0.2) is 0 Å². The fourth-order valence-electron chi connectivity index (χ4n) is 3.29. The number of thioether (sulfide) groups is 2. The summed E-state index contributed by atoms with van der Waals surface area (Å²) in [6.45, 7) is 0. The van der Waals surface area contributed by atoms with Gasteiger partial charge in [0.05, 0.1) is 0 Å². The zero-order valence-corrected chi connectivity index (χ0v) is 14.3. The summed E-state index contributed by atoms with van der Waals surface area (Å²) in [7, 11) is 0. The fraction of sp³-hybridized carbons (Fsp3) is 0.625. The maximum Gasteiger partial charge on any atom is 0.0410 e. The summed E-state index contributed by atoms with van der Waals surface area (Å²) >= 11 is 10.2. The molecule has 1 unspecified atom stereocenters. The van der Waals surface area contributed by atoms with Crippen molar-refractivity contribution in [2.75, 3.05) is 12.0 Å². The Morgan fingerprint density at radius 3 is 2.75 bits per heavy atom. The van der Waals surface area contributed by atoms with Crippen LogP contribution in [0, 0.1) is 0 Å². The van der Waals surface area contributed by atoms with Gasteiger partial charge >= 0.3 is 0 Å². The summed E-state index contributed by atoms with van der Waals surface area (Å²) in [6.07, 6.45) is 8.84. The van der Waals surface area contributed by atoms with Crippen molar-refractivity contribution in [3.63, 3.8) is 0 Å². The first kappa shape index (κ1) is 15.1. The third-order valence-corrected chi connectivity index (χ3v) is 6.95. The minimum atomic E-state index is 0.501. The van der Waals surface area contributed by atoms with Gasteiger partial charge in [0.2, 0.25) is 0 Å². The highest BCUT2D eigenvalue weighted by atomic mass is 35.5. The Balaban J connectivity index is 1.66. The summed E-state index contributed by atoms with van der Waals surface area (Å²) < 4.78 is 0. The van der Waals surface area contributed by atoms with Gasteiger partial charge in [-0.3, -0.25) is 0 Å². The molecule has 2 aliphatic rings. The maximum absolute atomic E-state index is 6.18. The van der Waals surface area contributed by atoms with Crippen LogP contribution in [0.3, 0.4) is 0 Å². The fourth-order valence-corrected chi connectivity index (χ4v) is 5.32. The van der Waals surface area contributed by atoms with E-state index in [0.717, 1.165) is 10.3 Å². The van der Waals surface area contributed by atoms with E-state index in [-0.39, 0.29) is 0 Å². The lowest BCUT2D eigenvalue weighted by Gasteiger charge is -2.34. The number of fused-ring (bicyclic) bond motifs is 1. The largest absolute Gasteiger partial charge is 0.307 e. The molecule has 1 heterocycles. The predicted octanol–water partition coefficient (Wildman–Crippen LogP) is 5.14. The van der Waals surface area contributed by atoms with Crippen molar-refractivity contribution < 1.29 is 0 Å². The van der Waals surface area contributed by atoms with E-state index in [1.807, 2.05) is 29.6 Å². The number of hydrogen-bond donors (Lipinski definition) is 1. The van der Waals surface area contributed by atoms with Gasteiger partial charge in [0.25, 0.3) is 0 Å². The van der Waals surface area contributed by atoms with E-state index in [9.17, 15) is 0 Å². The molecule has 4 heteroatoms. The second-order valence-electron chi connectivity index (χ2n) is 5.75. The van der Waals surface area contributed by atoms with Gasteiger partial charge in [0.1, 0.15) is 0 Å². The van der Waals surface area contributed by atoms with Crippen LogP contribution in [0.25, 0.3) is 0 Å². The molecule has 0 spiro atoms. The quantitative estimate of drug-likeness (QED) is 0.825. The van der Waals surface area contributed by atoms with E-state index < -0.39 is 0 Å². The molecule has 1 aliphatic heterocycles. The Labute approximate surface area is 135 Å². The molecule has 1 aliphatic carbocycles. The molecule has 0 aromatic heterocycles. The lowest BCUT2D eigenvalue weighted by molar-refractivity contribution is 0.337. The minimum absolute atomic E-state index is 0.501. The molecule has 1 N–H and O–H groups in total. The average molecular weight is 328 g/mol. The zero-order chi connectivity index (χ0) is 13.9. The molecule has 0 bridgehead atoms. The topological polar surface area (TPSA) is 12.0 Å². The van der Waals surface area contributed by atoms with Crippen LogP contribution >= 0.6 is 35.1 Å². The summed E-state index contributed by atoms with van der Waals surface area (Å²) in [5, 5.41) is 5.66. The van der Waals surface area contributed by atoms with Crippen LogP contribution in [0.2, 0.25) is 5.02 Å². The second kappa shape index (κ2) is 6.95. The van der Waals surface area contributed by atoms with Gasteiger partial charge in [-0.15, -0.1) is 11.8 Å². The number of hydrogen-bond acceptors (Lipinski definition) is 3. The molecule has 1 fully saturated rings. The van der Waals surface area contributed by atoms with Crippen molar-refractivity contribution >= 4 is 35.1 Å². The molecule has 0 saturated heterocycles. The van der Waals surface area contributed by atoms with Crippen LogP contribution in [-0.4, -0.2) is 23.3 Å². The van der Waals surface area contributed by atoms with Gasteiger partial charge in [-0.05, 0) is 67.9 Å². The first-order valence-corrected chi connectivity index (χ1v) is 10.1. The second-order valence-corrected chi connectivity index (χ2v) is 8.46. The average Bonchev–Trinajstić information content (AvgIpc) is 2.49. The Hall–Kier alpha value is 0.170. The molecule has 3 rings (SSSR count). The number of halogens is 1. The normalized spacial score (nSPS) is 30.0. The van der Waals surface area contributed by atoms with Crippen LogP contribution in [0.4, 0.5) is 0 Å². The smallest absolute Gasteiger partial charge is 0.0410 e. The third kappa shape index (κ3) is 3.49. The van der Waals surface area contributed by atoms with Crippen LogP contribution in [0.15, 0.2) is 23.1 Å². The SMILES string of the molecule is CSC1CCC(NC2CCSc3ccc(Cl)cc32)CC1. The Morgan fingerprint density at radius 1 is 1.20 bits per heavy atom. The van der Waals surface area contributed by atoms with Gasteiger partial charge in [-0.2, -0.15) is 11.8 Å². The van der Waals surface area contributed by atoms with E-state index in [4.69, 9.17) is 11.6 Å². The molecule has 1 aromatic carbocycles. The van der Waals surface area contributed by atoms with Crippen LogP contribution in [0.5, 0.6) is 0 Å². The summed E-state index contributed by atoms with van der Waals surface area (Å²) in [6, 6.07) is 7.55. The molecule has 1 aromatic rings. The monoisotopic (exact) mass is 327 g/mol. The molecule has 0 amide bonds. The molecule has 1 saturated carbocycles. The maximum atomic E-state index is 6.18. The first-order valence-electron chi connectivity index (χ1n) is 7.47. The zero-order valence-electron chi connectivity index (χ0n) is 11.9. The standard InChI is InChI=1S/C16H22ClNS2/c1-19-13-5-3-12(4-6-13)18-15-8-9-20-16-7-2-11(17)10-14(15)16/h2,7,10,12-13,15,18H,3-6,8-9H2,1H3. The molecule has 20 heavy (non-hydrogen) atoms. The molecular weight excluding hydrogens is 306 g/mol. The van der Waals surface area contributed by atoms with Crippen LogP contribution < -0.4 is 5.32 Å². The van der Waals surface area contributed by atoms with Crippen molar-refractivity contribution in [1.29, 1.82) is 0 Å². The van der Waals surface area contributed by atoms with E-state index >= 15 is 0 Å². The lowest BCUT2D eigenvalue weighted by Crippen LogP contribution is -2.37. The van der Waals surface area contributed by atoms with Crippen molar-refractivity contribution in [2.24, 2.45) is 0 Å². The summed E-state index contributed by atoms with van der Waals surface area (Å²) in [4.78, 5) is 1.41. The molecule has 1 nitrogen and oxygen atoms in total. The number of benzene rings is 1. The highest BCUT2D eigenvalue weighted by Gasteiger charge is 2.26. The Morgan fingerprint density at radius 2 is 2.00 bits per heavy atom. The lowest BCUT2D eigenvalue weighted by atomic mass is 9.93. The van der Waals surface area contributed by atoms with Crippen molar-refractivity contribution in [3.8, 4) is 0 Å². The third-order valence-electron chi connectivity index (χ3n) is 4.46. The van der Waals surface area contributed by atoms with Crippen LogP contribution in [0.1, 0.15) is 43.7 Å². The van der Waals surface area contributed by atoms with Crippen molar-refractivity contribution in [1.82, 2.24) is 5.32 Å². The minimum Gasteiger partial charge on any atom is -0.307 e.